The summed E-state index contributed by atoms with van der Waals surface area (Å²) in [6, 6.07) is 15.1. The van der Waals surface area contributed by atoms with Crippen molar-refractivity contribution in [1.29, 1.82) is 0 Å². The van der Waals surface area contributed by atoms with Gasteiger partial charge in [-0.15, -0.1) is 0 Å². The molecule has 110 valence electrons. The van der Waals surface area contributed by atoms with E-state index in [4.69, 9.17) is 10.5 Å². The lowest BCUT2D eigenvalue weighted by molar-refractivity contribution is 0.193. The molecule has 2 aromatic carbocycles. The highest BCUT2D eigenvalue weighted by Crippen LogP contribution is 2.51. The molecule has 2 N–H and O–H groups in total. The Morgan fingerprint density at radius 1 is 1.10 bits per heavy atom. The van der Waals surface area contributed by atoms with Gasteiger partial charge in [-0.25, -0.2) is 4.39 Å². The summed E-state index contributed by atoms with van der Waals surface area (Å²) in [6.45, 7) is 0. The number of halogens is 1. The van der Waals surface area contributed by atoms with Crippen molar-refractivity contribution in [2.24, 2.45) is 5.73 Å². The van der Waals surface area contributed by atoms with Crippen LogP contribution in [0.1, 0.15) is 36.4 Å². The van der Waals surface area contributed by atoms with Crippen LogP contribution in [-0.2, 0) is 5.41 Å². The molecule has 21 heavy (non-hydrogen) atoms. The van der Waals surface area contributed by atoms with Crippen LogP contribution in [0, 0.1) is 5.82 Å². The molecule has 3 heteroatoms. The maximum Gasteiger partial charge on any atom is 0.169 e. The molecule has 0 saturated heterocycles. The van der Waals surface area contributed by atoms with E-state index in [1.54, 1.807) is 18.2 Å². The van der Waals surface area contributed by atoms with Gasteiger partial charge in [-0.3, -0.25) is 0 Å². The van der Waals surface area contributed by atoms with Crippen molar-refractivity contribution in [1.82, 2.24) is 0 Å². The topological polar surface area (TPSA) is 35.2 Å². The molecular formula is C18H20FNO. The summed E-state index contributed by atoms with van der Waals surface area (Å²) in [5.41, 5.74) is 8.08. The quantitative estimate of drug-likeness (QED) is 0.923. The van der Waals surface area contributed by atoms with Crippen molar-refractivity contribution < 1.29 is 9.13 Å². The van der Waals surface area contributed by atoms with Gasteiger partial charge in [0.05, 0.1) is 7.11 Å². The Morgan fingerprint density at radius 2 is 1.81 bits per heavy atom. The molecule has 1 aliphatic carbocycles. The molecule has 0 amide bonds. The lowest BCUT2D eigenvalue weighted by Crippen LogP contribution is -2.44. The molecule has 0 heterocycles. The van der Waals surface area contributed by atoms with Crippen LogP contribution < -0.4 is 10.5 Å². The average Bonchev–Trinajstić information content (AvgIpc) is 2.47. The molecule has 0 bridgehead atoms. The van der Waals surface area contributed by atoms with Gasteiger partial charge in [0, 0.05) is 17.0 Å². The predicted molar refractivity (Wildman–Crippen MR) is 81.9 cm³/mol. The van der Waals surface area contributed by atoms with Crippen LogP contribution in [0.2, 0.25) is 0 Å². The second-order valence-electron chi connectivity index (χ2n) is 5.72. The number of hydrogen-bond donors (Lipinski definition) is 1. The van der Waals surface area contributed by atoms with Crippen LogP contribution in [0.4, 0.5) is 4.39 Å². The summed E-state index contributed by atoms with van der Waals surface area (Å²) in [6.07, 6.45) is 3.12. The van der Waals surface area contributed by atoms with Crippen molar-refractivity contribution in [3.63, 3.8) is 0 Å². The van der Waals surface area contributed by atoms with Crippen LogP contribution in [0.5, 0.6) is 5.75 Å². The van der Waals surface area contributed by atoms with Crippen molar-refractivity contribution in [3.05, 3.63) is 65.5 Å². The second-order valence-corrected chi connectivity index (χ2v) is 5.72. The number of methoxy groups -OCH3 is 1. The van der Waals surface area contributed by atoms with E-state index in [0.717, 1.165) is 19.3 Å². The fourth-order valence-corrected chi connectivity index (χ4v) is 3.33. The van der Waals surface area contributed by atoms with Crippen molar-refractivity contribution in [2.45, 2.75) is 30.7 Å². The molecule has 1 atom stereocenters. The normalized spacial score (nSPS) is 17.9. The van der Waals surface area contributed by atoms with E-state index in [1.807, 2.05) is 18.2 Å². The zero-order valence-electron chi connectivity index (χ0n) is 12.2. The highest BCUT2D eigenvalue weighted by atomic mass is 19.1. The first kappa shape index (κ1) is 14.1. The lowest BCUT2D eigenvalue weighted by Gasteiger charge is -2.47. The Hall–Kier alpha value is -1.87. The summed E-state index contributed by atoms with van der Waals surface area (Å²) in [4.78, 5) is 0. The lowest BCUT2D eigenvalue weighted by atomic mass is 9.59. The molecule has 1 aliphatic rings. The van der Waals surface area contributed by atoms with Gasteiger partial charge in [0.25, 0.3) is 0 Å². The Balaban J connectivity index is 2.03. The molecule has 0 aromatic heterocycles. The van der Waals surface area contributed by atoms with Crippen molar-refractivity contribution in [2.75, 3.05) is 7.11 Å². The SMILES string of the molecule is COc1cccc(C(N)C2(c3ccccc3)CCC2)c1F. The zero-order valence-corrected chi connectivity index (χ0v) is 12.2. The summed E-state index contributed by atoms with van der Waals surface area (Å²) >= 11 is 0. The van der Waals surface area contributed by atoms with Gasteiger partial charge in [0.15, 0.2) is 11.6 Å². The van der Waals surface area contributed by atoms with Gasteiger partial charge in [0.2, 0.25) is 0 Å². The van der Waals surface area contributed by atoms with Gasteiger partial charge in [-0.05, 0) is 24.5 Å². The van der Waals surface area contributed by atoms with Gasteiger partial charge in [-0.2, -0.15) is 0 Å². The first-order valence-corrected chi connectivity index (χ1v) is 7.32. The average molecular weight is 285 g/mol. The van der Waals surface area contributed by atoms with Crippen molar-refractivity contribution >= 4 is 0 Å². The first-order chi connectivity index (χ1) is 10.2. The maximum atomic E-state index is 14.5. The molecule has 0 aliphatic heterocycles. The number of ether oxygens (including phenoxy) is 1. The third kappa shape index (κ3) is 2.22. The van der Waals surface area contributed by atoms with Gasteiger partial charge < -0.3 is 10.5 Å². The van der Waals surface area contributed by atoms with E-state index >= 15 is 0 Å². The summed E-state index contributed by atoms with van der Waals surface area (Å²) in [5, 5.41) is 0. The number of nitrogens with two attached hydrogens (primary N) is 1. The fraction of sp³-hybridized carbons (Fsp3) is 0.333. The van der Waals surface area contributed by atoms with E-state index in [2.05, 4.69) is 12.1 Å². The van der Waals surface area contributed by atoms with E-state index < -0.39 is 0 Å². The highest BCUT2D eigenvalue weighted by molar-refractivity contribution is 5.39. The molecule has 0 radical (unpaired) electrons. The smallest absolute Gasteiger partial charge is 0.169 e. The highest BCUT2D eigenvalue weighted by Gasteiger charge is 2.45. The van der Waals surface area contributed by atoms with Crippen LogP contribution in [0.15, 0.2) is 48.5 Å². The van der Waals surface area contributed by atoms with E-state index in [0.29, 0.717) is 5.56 Å². The summed E-state index contributed by atoms with van der Waals surface area (Å²) < 4.78 is 19.6. The Labute approximate surface area is 124 Å². The third-order valence-corrected chi connectivity index (χ3v) is 4.74. The molecular weight excluding hydrogens is 265 g/mol. The molecule has 2 aromatic rings. The zero-order chi connectivity index (χ0) is 14.9. The third-order valence-electron chi connectivity index (χ3n) is 4.74. The van der Waals surface area contributed by atoms with Crippen molar-refractivity contribution in [3.8, 4) is 5.75 Å². The molecule has 2 nitrogen and oxygen atoms in total. The molecule has 1 fully saturated rings. The largest absolute Gasteiger partial charge is 0.494 e. The Kier molecular flexibility index (Phi) is 3.68. The minimum Gasteiger partial charge on any atom is -0.494 e. The van der Waals surface area contributed by atoms with Crippen LogP contribution >= 0.6 is 0 Å². The minimum atomic E-state index is -0.358. The summed E-state index contributed by atoms with van der Waals surface area (Å²) in [5.74, 6) is -0.0832. The maximum absolute atomic E-state index is 14.5. The number of rotatable bonds is 4. The number of benzene rings is 2. The monoisotopic (exact) mass is 285 g/mol. The number of hydrogen-bond acceptors (Lipinski definition) is 2. The molecule has 0 spiro atoms. The predicted octanol–water partition coefficient (Wildman–Crippen LogP) is 3.96. The molecule has 1 saturated carbocycles. The standard InChI is InChI=1S/C18H20FNO/c1-21-15-10-5-9-14(16(15)19)17(20)18(11-6-12-18)13-7-3-2-4-8-13/h2-5,7-10,17H,6,11-12,20H2,1H3. The fourth-order valence-electron chi connectivity index (χ4n) is 3.33. The minimum absolute atomic E-state index is 0.158. The van der Waals surface area contributed by atoms with Crippen LogP contribution in [-0.4, -0.2) is 7.11 Å². The van der Waals surface area contributed by atoms with Gasteiger partial charge >= 0.3 is 0 Å². The first-order valence-electron chi connectivity index (χ1n) is 7.32. The van der Waals surface area contributed by atoms with Crippen LogP contribution in [0.25, 0.3) is 0 Å². The van der Waals surface area contributed by atoms with E-state index in [-0.39, 0.29) is 23.0 Å². The second kappa shape index (κ2) is 5.49. The van der Waals surface area contributed by atoms with E-state index in [1.165, 1.54) is 12.7 Å². The van der Waals surface area contributed by atoms with E-state index in [9.17, 15) is 4.39 Å². The summed E-state index contributed by atoms with van der Waals surface area (Å²) in [7, 11) is 1.48. The Bertz CT molecular complexity index is 622. The van der Waals surface area contributed by atoms with Crippen LogP contribution in [0.3, 0.4) is 0 Å². The molecule has 1 unspecified atom stereocenters. The van der Waals surface area contributed by atoms with Gasteiger partial charge in [0.1, 0.15) is 0 Å². The Morgan fingerprint density at radius 3 is 2.38 bits per heavy atom. The molecule has 3 rings (SSSR count). The van der Waals surface area contributed by atoms with Gasteiger partial charge in [-0.1, -0.05) is 48.9 Å².